The Morgan fingerprint density at radius 1 is 0.750 bits per heavy atom. The Hall–Kier alpha value is -0.920. The number of hydrogen-bond acceptors (Lipinski definition) is 2. The van der Waals surface area contributed by atoms with Crippen molar-refractivity contribution in [3.63, 3.8) is 0 Å². The van der Waals surface area contributed by atoms with Crippen molar-refractivity contribution in [3.8, 4) is 0 Å². The van der Waals surface area contributed by atoms with Gasteiger partial charge in [0.05, 0.1) is 0 Å². The second-order valence-electron chi connectivity index (χ2n) is 4.82. The van der Waals surface area contributed by atoms with Crippen LogP contribution in [0.1, 0.15) is 62.6 Å². The third-order valence-electron chi connectivity index (χ3n) is 3.49. The van der Waals surface area contributed by atoms with Gasteiger partial charge in [0.1, 0.15) is 6.33 Å². The molecule has 2 heteroatoms. The molecular formula is C14H22N2. The van der Waals surface area contributed by atoms with Crippen LogP contribution in [0, 0.1) is 0 Å². The third kappa shape index (κ3) is 3.58. The molecule has 1 aromatic rings. The first-order valence-electron chi connectivity index (χ1n) is 6.74. The summed E-state index contributed by atoms with van der Waals surface area (Å²) in [7, 11) is 0. The van der Waals surface area contributed by atoms with Crippen LogP contribution in [0.2, 0.25) is 0 Å². The fourth-order valence-electron chi connectivity index (χ4n) is 2.49. The van der Waals surface area contributed by atoms with Crippen LogP contribution in [0.5, 0.6) is 0 Å². The van der Waals surface area contributed by atoms with E-state index in [1.165, 1.54) is 69.0 Å². The lowest BCUT2D eigenvalue weighted by molar-refractivity contribution is 0.556. The molecule has 1 aromatic heterocycles. The summed E-state index contributed by atoms with van der Waals surface area (Å²) in [4.78, 5) is 8.59. The van der Waals surface area contributed by atoms with Gasteiger partial charge in [-0.1, -0.05) is 38.5 Å². The van der Waals surface area contributed by atoms with Crippen LogP contribution in [-0.2, 0) is 12.8 Å². The van der Waals surface area contributed by atoms with E-state index in [2.05, 4.69) is 9.97 Å². The SMILES string of the molecule is c1ncc2c(n1)CCCCCCCCCC2. The molecule has 0 saturated carbocycles. The smallest absolute Gasteiger partial charge is 0.115 e. The summed E-state index contributed by atoms with van der Waals surface area (Å²) in [5, 5.41) is 0. The number of rotatable bonds is 0. The maximum atomic E-state index is 4.44. The molecule has 1 heterocycles. The maximum Gasteiger partial charge on any atom is 0.115 e. The van der Waals surface area contributed by atoms with Crippen LogP contribution in [0.3, 0.4) is 0 Å². The molecular weight excluding hydrogens is 196 g/mol. The van der Waals surface area contributed by atoms with Crippen molar-refractivity contribution in [2.24, 2.45) is 0 Å². The van der Waals surface area contributed by atoms with Crippen molar-refractivity contribution >= 4 is 0 Å². The van der Waals surface area contributed by atoms with Gasteiger partial charge in [-0.3, -0.25) is 0 Å². The zero-order valence-corrected chi connectivity index (χ0v) is 10.1. The Bertz CT molecular complexity index is 278. The first-order valence-corrected chi connectivity index (χ1v) is 6.74. The Balaban J connectivity index is 1.99. The van der Waals surface area contributed by atoms with Crippen LogP contribution in [0.15, 0.2) is 12.5 Å². The Morgan fingerprint density at radius 3 is 2.12 bits per heavy atom. The fourth-order valence-corrected chi connectivity index (χ4v) is 2.49. The molecule has 1 aliphatic carbocycles. The van der Waals surface area contributed by atoms with Gasteiger partial charge in [0.2, 0.25) is 0 Å². The van der Waals surface area contributed by atoms with E-state index >= 15 is 0 Å². The molecule has 2 rings (SSSR count). The zero-order valence-electron chi connectivity index (χ0n) is 10.1. The van der Waals surface area contributed by atoms with E-state index < -0.39 is 0 Å². The van der Waals surface area contributed by atoms with Gasteiger partial charge in [0.15, 0.2) is 0 Å². The molecule has 16 heavy (non-hydrogen) atoms. The first kappa shape index (κ1) is 11.6. The van der Waals surface area contributed by atoms with E-state index in [0.717, 1.165) is 6.42 Å². The summed E-state index contributed by atoms with van der Waals surface area (Å²) in [6.45, 7) is 0. The molecule has 0 atom stereocenters. The van der Waals surface area contributed by atoms with Crippen LogP contribution in [0.4, 0.5) is 0 Å². The molecule has 0 aliphatic heterocycles. The van der Waals surface area contributed by atoms with E-state index in [4.69, 9.17) is 0 Å². The number of hydrogen-bond donors (Lipinski definition) is 0. The lowest BCUT2D eigenvalue weighted by Crippen LogP contribution is -2.00. The number of fused-ring (bicyclic) bond motifs is 1. The van der Waals surface area contributed by atoms with Crippen molar-refractivity contribution in [3.05, 3.63) is 23.8 Å². The zero-order chi connectivity index (χ0) is 11.1. The van der Waals surface area contributed by atoms with E-state index in [1.54, 1.807) is 6.33 Å². The third-order valence-corrected chi connectivity index (χ3v) is 3.49. The monoisotopic (exact) mass is 218 g/mol. The van der Waals surface area contributed by atoms with Gasteiger partial charge in [0, 0.05) is 11.9 Å². The second-order valence-corrected chi connectivity index (χ2v) is 4.82. The number of aromatic nitrogens is 2. The molecule has 0 spiro atoms. The summed E-state index contributed by atoms with van der Waals surface area (Å²) in [5.41, 5.74) is 2.69. The van der Waals surface area contributed by atoms with E-state index in [0.29, 0.717) is 0 Å². The molecule has 1 aliphatic rings. The molecule has 0 aromatic carbocycles. The summed E-state index contributed by atoms with van der Waals surface area (Å²) < 4.78 is 0. The molecule has 0 bridgehead atoms. The second kappa shape index (κ2) is 6.62. The highest BCUT2D eigenvalue weighted by Crippen LogP contribution is 2.16. The Kier molecular flexibility index (Phi) is 4.78. The highest BCUT2D eigenvalue weighted by Gasteiger charge is 2.05. The molecule has 0 amide bonds. The lowest BCUT2D eigenvalue weighted by atomic mass is 9.99. The number of nitrogens with zero attached hydrogens (tertiary/aromatic N) is 2. The van der Waals surface area contributed by atoms with Crippen molar-refractivity contribution in [2.75, 3.05) is 0 Å². The van der Waals surface area contributed by atoms with Crippen LogP contribution >= 0.6 is 0 Å². The van der Waals surface area contributed by atoms with Gasteiger partial charge in [0.25, 0.3) is 0 Å². The number of aryl methyl sites for hydroxylation is 2. The van der Waals surface area contributed by atoms with Gasteiger partial charge in [-0.05, 0) is 31.2 Å². The van der Waals surface area contributed by atoms with Gasteiger partial charge >= 0.3 is 0 Å². The molecule has 88 valence electrons. The van der Waals surface area contributed by atoms with Crippen molar-refractivity contribution < 1.29 is 0 Å². The fraction of sp³-hybridized carbons (Fsp3) is 0.714. The van der Waals surface area contributed by atoms with Crippen molar-refractivity contribution in [1.29, 1.82) is 0 Å². The van der Waals surface area contributed by atoms with E-state index in [9.17, 15) is 0 Å². The summed E-state index contributed by atoms with van der Waals surface area (Å²) in [6.07, 6.45) is 17.0. The normalized spacial score (nSPS) is 19.2. The predicted octanol–water partition coefficient (Wildman–Crippen LogP) is 3.70. The molecule has 0 fully saturated rings. The highest BCUT2D eigenvalue weighted by molar-refractivity contribution is 5.16. The first-order chi connectivity index (χ1) is 7.97. The van der Waals surface area contributed by atoms with Crippen molar-refractivity contribution in [1.82, 2.24) is 9.97 Å². The quantitative estimate of drug-likeness (QED) is 0.663. The predicted molar refractivity (Wildman–Crippen MR) is 66.4 cm³/mol. The molecule has 0 N–H and O–H groups in total. The van der Waals surface area contributed by atoms with E-state index in [1.807, 2.05) is 6.20 Å². The Labute approximate surface area is 98.5 Å². The standard InChI is InChI=1S/C14H22N2/c1-2-4-6-8-10-14-13(9-7-5-3-1)11-15-12-16-14/h11-12H,1-10H2. The summed E-state index contributed by atoms with van der Waals surface area (Å²) in [6, 6.07) is 0. The average molecular weight is 218 g/mol. The largest absolute Gasteiger partial charge is 0.245 e. The van der Waals surface area contributed by atoms with Gasteiger partial charge in [-0.15, -0.1) is 0 Å². The summed E-state index contributed by atoms with van der Waals surface area (Å²) in [5.74, 6) is 0. The Morgan fingerprint density at radius 2 is 1.38 bits per heavy atom. The lowest BCUT2D eigenvalue weighted by Gasteiger charge is -2.09. The van der Waals surface area contributed by atoms with Gasteiger partial charge < -0.3 is 0 Å². The van der Waals surface area contributed by atoms with Gasteiger partial charge in [-0.25, -0.2) is 9.97 Å². The topological polar surface area (TPSA) is 25.8 Å². The average Bonchev–Trinajstić information content (AvgIpc) is 2.30. The minimum Gasteiger partial charge on any atom is -0.245 e. The van der Waals surface area contributed by atoms with Crippen LogP contribution in [-0.4, -0.2) is 9.97 Å². The molecule has 0 saturated heterocycles. The maximum absolute atomic E-state index is 4.44. The van der Waals surface area contributed by atoms with Gasteiger partial charge in [-0.2, -0.15) is 0 Å². The van der Waals surface area contributed by atoms with Crippen molar-refractivity contribution in [2.45, 2.75) is 64.2 Å². The van der Waals surface area contributed by atoms with Crippen LogP contribution < -0.4 is 0 Å². The molecule has 0 radical (unpaired) electrons. The molecule has 0 unspecified atom stereocenters. The highest BCUT2D eigenvalue weighted by atomic mass is 14.8. The minimum absolute atomic E-state index is 1.15. The minimum atomic E-state index is 1.15. The van der Waals surface area contributed by atoms with Crippen LogP contribution in [0.25, 0.3) is 0 Å². The molecule has 2 nitrogen and oxygen atoms in total. The van der Waals surface area contributed by atoms with E-state index in [-0.39, 0.29) is 0 Å². The summed E-state index contributed by atoms with van der Waals surface area (Å²) >= 11 is 0.